The first-order valence-corrected chi connectivity index (χ1v) is 4.94. The van der Waals surface area contributed by atoms with Gasteiger partial charge in [0.2, 0.25) is 0 Å². The van der Waals surface area contributed by atoms with Crippen molar-refractivity contribution in [1.82, 2.24) is 4.90 Å². The standard InChI is InChI=1S/C10H21NO/c1-7(2)11-5-8(3)10(12)9(4)6-11/h7-10,12H,5-6H2,1-4H3/t8-,9?,10?/m0/s1. The Hall–Kier alpha value is -0.0800. The Morgan fingerprint density at radius 3 is 1.92 bits per heavy atom. The van der Waals surface area contributed by atoms with Crippen molar-refractivity contribution in [3.05, 3.63) is 0 Å². The van der Waals surface area contributed by atoms with E-state index in [-0.39, 0.29) is 6.10 Å². The lowest BCUT2D eigenvalue weighted by molar-refractivity contribution is -0.0180. The number of likely N-dealkylation sites (tertiary alicyclic amines) is 1. The molecule has 1 aliphatic rings. The Balaban J connectivity index is 2.53. The summed E-state index contributed by atoms with van der Waals surface area (Å²) in [7, 11) is 0. The fourth-order valence-corrected chi connectivity index (χ4v) is 2.01. The lowest BCUT2D eigenvalue weighted by Gasteiger charge is -2.40. The summed E-state index contributed by atoms with van der Waals surface area (Å²) in [6.45, 7) is 10.8. The minimum atomic E-state index is -0.0972. The summed E-state index contributed by atoms with van der Waals surface area (Å²) >= 11 is 0. The molecule has 0 saturated carbocycles. The van der Waals surface area contributed by atoms with E-state index >= 15 is 0 Å². The Morgan fingerprint density at radius 2 is 1.58 bits per heavy atom. The molecule has 3 atom stereocenters. The van der Waals surface area contributed by atoms with E-state index in [0.717, 1.165) is 13.1 Å². The van der Waals surface area contributed by atoms with Gasteiger partial charge in [-0.3, -0.25) is 0 Å². The second-order valence-corrected chi connectivity index (χ2v) is 4.49. The molecule has 1 rings (SSSR count). The highest BCUT2D eigenvalue weighted by Crippen LogP contribution is 2.22. The number of aliphatic hydroxyl groups is 1. The van der Waals surface area contributed by atoms with Crippen LogP contribution in [0.1, 0.15) is 27.7 Å². The fraction of sp³-hybridized carbons (Fsp3) is 1.00. The molecule has 1 aliphatic heterocycles. The number of hydrogen-bond donors (Lipinski definition) is 1. The van der Waals surface area contributed by atoms with Gasteiger partial charge in [0.25, 0.3) is 0 Å². The highest BCUT2D eigenvalue weighted by Gasteiger charge is 2.30. The second-order valence-electron chi connectivity index (χ2n) is 4.49. The summed E-state index contributed by atoms with van der Waals surface area (Å²) < 4.78 is 0. The minimum absolute atomic E-state index is 0.0972. The highest BCUT2D eigenvalue weighted by atomic mass is 16.3. The average molecular weight is 171 g/mol. The lowest BCUT2D eigenvalue weighted by atomic mass is 9.88. The Bertz CT molecular complexity index is 135. The molecule has 0 radical (unpaired) electrons. The van der Waals surface area contributed by atoms with Crippen LogP contribution in [0, 0.1) is 11.8 Å². The molecule has 2 nitrogen and oxygen atoms in total. The van der Waals surface area contributed by atoms with E-state index in [2.05, 4.69) is 32.6 Å². The van der Waals surface area contributed by atoms with Gasteiger partial charge in [0.1, 0.15) is 0 Å². The number of rotatable bonds is 1. The van der Waals surface area contributed by atoms with Gasteiger partial charge < -0.3 is 10.0 Å². The zero-order valence-electron chi connectivity index (χ0n) is 8.62. The predicted octanol–water partition coefficient (Wildman–Crippen LogP) is 1.34. The minimum Gasteiger partial charge on any atom is -0.392 e. The number of piperidine rings is 1. The summed E-state index contributed by atoms with van der Waals surface area (Å²) in [5.41, 5.74) is 0. The van der Waals surface area contributed by atoms with Crippen LogP contribution in [0.2, 0.25) is 0 Å². The van der Waals surface area contributed by atoms with Crippen molar-refractivity contribution in [2.75, 3.05) is 13.1 Å². The number of aliphatic hydroxyl groups excluding tert-OH is 1. The zero-order chi connectivity index (χ0) is 9.30. The molecular formula is C10H21NO. The van der Waals surface area contributed by atoms with Gasteiger partial charge in [0.15, 0.2) is 0 Å². The summed E-state index contributed by atoms with van der Waals surface area (Å²) in [6.07, 6.45) is -0.0972. The Kier molecular flexibility index (Phi) is 3.13. The second kappa shape index (κ2) is 3.75. The molecule has 1 fully saturated rings. The van der Waals surface area contributed by atoms with Crippen LogP contribution >= 0.6 is 0 Å². The van der Waals surface area contributed by atoms with Crippen LogP contribution in [-0.2, 0) is 0 Å². The molecule has 0 aromatic heterocycles. The van der Waals surface area contributed by atoms with Crippen molar-refractivity contribution >= 4 is 0 Å². The molecule has 1 heterocycles. The molecular weight excluding hydrogens is 150 g/mol. The highest BCUT2D eigenvalue weighted by molar-refractivity contribution is 4.83. The molecule has 2 unspecified atom stereocenters. The summed E-state index contributed by atoms with van der Waals surface area (Å²) in [5.74, 6) is 0.854. The molecule has 2 heteroatoms. The molecule has 1 saturated heterocycles. The van der Waals surface area contributed by atoms with Gasteiger partial charge in [0, 0.05) is 19.1 Å². The Morgan fingerprint density at radius 1 is 1.17 bits per heavy atom. The fourth-order valence-electron chi connectivity index (χ4n) is 2.01. The SMILES string of the molecule is CC1CN(C(C)C)C[C@H](C)C1O. The van der Waals surface area contributed by atoms with Crippen molar-refractivity contribution < 1.29 is 5.11 Å². The Labute approximate surface area is 75.6 Å². The van der Waals surface area contributed by atoms with Crippen LogP contribution < -0.4 is 0 Å². The van der Waals surface area contributed by atoms with Gasteiger partial charge in [-0.05, 0) is 25.7 Å². The van der Waals surface area contributed by atoms with Crippen LogP contribution in [0.5, 0.6) is 0 Å². The lowest BCUT2D eigenvalue weighted by Crippen LogP contribution is -2.49. The monoisotopic (exact) mass is 171 g/mol. The largest absolute Gasteiger partial charge is 0.392 e. The maximum absolute atomic E-state index is 9.72. The summed E-state index contributed by atoms with van der Waals surface area (Å²) in [5, 5.41) is 9.72. The van der Waals surface area contributed by atoms with Gasteiger partial charge in [-0.1, -0.05) is 13.8 Å². The van der Waals surface area contributed by atoms with Crippen molar-refractivity contribution in [2.45, 2.75) is 39.8 Å². The normalized spacial score (nSPS) is 39.0. The van der Waals surface area contributed by atoms with Crippen molar-refractivity contribution in [3.63, 3.8) is 0 Å². The van der Waals surface area contributed by atoms with Gasteiger partial charge in [0.05, 0.1) is 6.10 Å². The van der Waals surface area contributed by atoms with Gasteiger partial charge in [-0.15, -0.1) is 0 Å². The number of nitrogens with zero attached hydrogens (tertiary/aromatic N) is 1. The van der Waals surface area contributed by atoms with E-state index in [1.165, 1.54) is 0 Å². The zero-order valence-corrected chi connectivity index (χ0v) is 8.62. The predicted molar refractivity (Wildman–Crippen MR) is 51.0 cm³/mol. The number of hydrogen-bond acceptors (Lipinski definition) is 2. The quantitative estimate of drug-likeness (QED) is 0.643. The summed E-state index contributed by atoms with van der Waals surface area (Å²) in [4.78, 5) is 2.45. The van der Waals surface area contributed by atoms with E-state index in [9.17, 15) is 5.11 Å². The summed E-state index contributed by atoms with van der Waals surface area (Å²) in [6, 6.07) is 0.613. The van der Waals surface area contributed by atoms with Crippen LogP contribution in [0.25, 0.3) is 0 Å². The maximum atomic E-state index is 9.72. The molecule has 0 aliphatic carbocycles. The van der Waals surface area contributed by atoms with Gasteiger partial charge in [-0.2, -0.15) is 0 Å². The van der Waals surface area contributed by atoms with E-state index in [4.69, 9.17) is 0 Å². The van der Waals surface area contributed by atoms with E-state index in [1.807, 2.05) is 0 Å². The third kappa shape index (κ3) is 1.99. The first-order chi connectivity index (χ1) is 5.52. The molecule has 0 aromatic carbocycles. The maximum Gasteiger partial charge on any atom is 0.0615 e. The smallest absolute Gasteiger partial charge is 0.0615 e. The topological polar surface area (TPSA) is 23.5 Å². The van der Waals surface area contributed by atoms with Gasteiger partial charge >= 0.3 is 0 Å². The molecule has 12 heavy (non-hydrogen) atoms. The molecule has 0 bridgehead atoms. The van der Waals surface area contributed by atoms with Crippen LogP contribution in [0.4, 0.5) is 0 Å². The third-order valence-corrected chi connectivity index (χ3v) is 2.94. The van der Waals surface area contributed by atoms with Crippen LogP contribution in [0.15, 0.2) is 0 Å². The first-order valence-electron chi connectivity index (χ1n) is 4.94. The molecule has 72 valence electrons. The van der Waals surface area contributed by atoms with Crippen LogP contribution in [0.3, 0.4) is 0 Å². The van der Waals surface area contributed by atoms with Crippen LogP contribution in [-0.4, -0.2) is 35.2 Å². The van der Waals surface area contributed by atoms with Gasteiger partial charge in [-0.25, -0.2) is 0 Å². The third-order valence-electron chi connectivity index (χ3n) is 2.94. The molecule has 0 spiro atoms. The average Bonchev–Trinajstić information content (AvgIpc) is 1.99. The molecule has 0 aromatic rings. The van der Waals surface area contributed by atoms with E-state index in [0.29, 0.717) is 17.9 Å². The molecule has 0 amide bonds. The van der Waals surface area contributed by atoms with Crippen molar-refractivity contribution in [1.29, 1.82) is 0 Å². The van der Waals surface area contributed by atoms with Crippen molar-refractivity contribution in [3.8, 4) is 0 Å². The first kappa shape index (κ1) is 10.0. The van der Waals surface area contributed by atoms with Crippen molar-refractivity contribution in [2.24, 2.45) is 11.8 Å². The van der Waals surface area contributed by atoms with E-state index in [1.54, 1.807) is 0 Å². The molecule has 1 N–H and O–H groups in total. The van der Waals surface area contributed by atoms with E-state index < -0.39 is 0 Å².